The van der Waals surface area contributed by atoms with Gasteiger partial charge in [0, 0.05) is 44.4 Å². The van der Waals surface area contributed by atoms with Crippen molar-refractivity contribution in [3.63, 3.8) is 0 Å². The Morgan fingerprint density at radius 2 is 1.79 bits per heavy atom. The van der Waals surface area contributed by atoms with Gasteiger partial charge in [0.25, 0.3) is 5.56 Å². The number of anilines is 2. The summed E-state index contributed by atoms with van der Waals surface area (Å²) in [4.78, 5) is 39.3. The first-order valence-electron chi connectivity index (χ1n) is 13.2. The van der Waals surface area contributed by atoms with E-state index in [1.54, 1.807) is 0 Å². The maximum atomic E-state index is 13.5. The second-order valence-electron chi connectivity index (χ2n) is 10.0. The number of aromatic nitrogens is 4. The maximum absolute atomic E-state index is 13.5. The Bertz CT molecular complexity index is 1490. The van der Waals surface area contributed by atoms with Crippen molar-refractivity contribution >= 4 is 28.8 Å². The van der Waals surface area contributed by atoms with Gasteiger partial charge in [0.15, 0.2) is 0 Å². The highest BCUT2D eigenvalue weighted by molar-refractivity contribution is 5.83. The van der Waals surface area contributed by atoms with Crippen molar-refractivity contribution in [1.29, 1.82) is 0 Å². The molecular formula is C30H37FN6O2. The summed E-state index contributed by atoms with van der Waals surface area (Å²) in [7, 11) is 1.91. The molecule has 1 aliphatic rings. The summed E-state index contributed by atoms with van der Waals surface area (Å²) in [5.41, 5.74) is 2.61. The van der Waals surface area contributed by atoms with E-state index in [1.807, 2.05) is 56.1 Å². The molecule has 1 saturated heterocycles. The number of nitrogens with zero attached hydrogens (tertiary/aromatic N) is 6. The number of carbonyl (C=O) groups is 1. The molecule has 1 atom stereocenters. The fraction of sp³-hybridized carbons (Fsp3) is 0.400. The van der Waals surface area contributed by atoms with Gasteiger partial charge in [0.2, 0.25) is 17.8 Å². The summed E-state index contributed by atoms with van der Waals surface area (Å²) in [6.45, 7) is 5.89. The highest BCUT2D eigenvalue weighted by atomic mass is 19.1. The van der Waals surface area contributed by atoms with Crippen LogP contribution in [0.5, 0.6) is 0 Å². The SMILES string of the molecule is C.CCC(C)C(=O)n1c(N(C)C2CCN(c3nc4ccccc4n3Cc3ccc(F)cc3)CC2)nccc1=O. The third-order valence-electron chi connectivity index (χ3n) is 7.58. The van der Waals surface area contributed by atoms with Crippen LogP contribution in [0.15, 0.2) is 65.6 Å². The molecule has 1 unspecified atom stereocenters. The van der Waals surface area contributed by atoms with Gasteiger partial charge >= 0.3 is 0 Å². The molecule has 2 aromatic heterocycles. The predicted molar refractivity (Wildman–Crippen MR) is 154 cm³/mol. The van der Waals surface area contributed by atoms with Crippen LogP contribution in [0, 0.1) is 11.7 Å². The molecule has 8 nitrogen and oxygen atoms in total. The molecule has 2 aromatic carbocycles. The zero-order valence-electron chi connectivity index (χ0n) is 22.0. The van der Waals surface area contributed by atoms with E-state index in [4.69, 9.17) is 4.98 Å². The van der Waals surface area contributed by atoms with E-state index in [0.29, 0.717) is 18.9 Å². The first-order valence-corrected chi connectivity index (χ1v) is 13.2. The number of benzene rings is 2. The highest BCUT2D eigenvalue weighted by Gasteiger charge is 2.29. The van der Waals surface area contributed by atoms with Gasteiger partial charge in [-0.1, -0.05) is 45.5 Å². The van der Waals surface area contributed by atoms with E-state index >= 15 is 0 Å². The third-order valence-corrected chi connectivity index (χ3v) is 7.58. The van der Waals surface area contributed by atoms with E-state index in [9.17, 15) is 14.0 Å². The molecule has 206 valence electrons. The molecule has 0 radical (unpaired) electrons. The standard InChI is InChI=1S/C29H33FN6O2.CH4/c1-4-20(2)27(38)36-26(37)13-16-31-28(36)33(3)23-14-17-34(18-15-23)29-32-24-7-5-6-8-25(24)35(29)19-21-9-11-22(30)12-10-21;/h5-13,16,20,23H,4,14-15,17-19H2,1-3H3;1H4. The Morgan fingerprint density at radius 1 is 1.10 bits per heavy atom. The van der Waals surface area contributed by atoms with Crippen LogP contribution in [0.1, 0.15) is 50.9 Å². The molecular weight excluding hydrogens is 495 g/mol. The lowest BCUT2D eigenvalue weighted by Gasteiger charge is -2.38. The lowest BCUT2D eigenvalue weighted by molar-refractivity contribution is 0.0837. The molecule has 4 aromatic rings. The first-order chi connectivity index (χ1) is 18.4. The normalized spacial score (nSPS) is 14.7. The zero-order valence-corrected chi connectivity index (χ0v) is 22.0. The topological polar surface area (TPSA) is 76.3 Å². The Labute approximate surface area is 228 Å². The van der Waals surface area contributed by atoms with Crippen molar-refractivity contribution in [2.45, 2.75) is 53.1 Å². The minimum atomic E-state index is -0.348. The molecule has 0 aliphatic carbocycles. The number of imidazole rings is 1. The number of hydrogen-bond donors (Lipinski definition) is 0. The largest absolute Gasteiger partial charge is 0.342 e. The molecule has 5 rings (SSSR count). The Kier molecular flexibility index (Phi) is 8.47. The molecule has 0 N–H and O–H groups in total. The van der Waals surface area contributed by atoms with Gasteiger partial charge < -0.3 is 14.4 Å². The number of rotatable bonds is 7. The lowest BCUT2D eigenvalue weighted by atomic mass is 10.0. The summed E-state index contributed by atoms with van der Waals surface area (Å²) < 4.78 is 16.9. The van der Waals surface area contributed by atoms with Gasteiger partial charge in [-0.3, -0.25) is 9.59 Å². The smallest absolute Gasteiger partial charge is 0.261 e. The molecule has 0 bridgehead atoms. The number of para-hydroxylation sites is 2. The van der Waals surface area contributed by atoms with Crippen LogP contribution in [-0.4, -0.2) is 51.2 Å². The number of carbonyl (C=O) groups excluding carboxylic acids is 1. The van der Waals surface area contributed by atoms with Crippen molar-refractivity contribution in [2.24, 2.45) is 5.92 Å². The molecule has 9 heteroatoms. The van der Waals surface area contributed by atoms with Crippen LogP contribution >= 0.6 is 0 Å². The molecule has 39 heavy (non-hydrogen) atoms. The minimum Gasteiger partial charge on any atom is -0.342 e. The maximum Gasteiger partial charge on any atom is 0.261 e. The molecule has 3 heterocycles. The summed E-state index contributed by atoms with van der Waals surface area (Å²) in [5, 5.41) is 0. The van der Waals surface area contributed by atoms with Crippen LogP contribution < -0.4 is 15.4 Å². The molecule has 1 fully saturated rings. The average molecular weight is 533 g/mol. The number of halogens is 1. The average Bonchev–Trinajstić information content (AvgIpc) is 3.31. The quantitative estimate of drug-likeness (QED) is 0.325. The molecule has 0 spiro atoms. The fourth-order valence-electron chi connectivity index (χ4n) is 5.10. The number of piperidine rings is 1. The highest BCUT2D eigenvalue weighted by Crippen LogP contribution is 2.28. The summed E-state index contributed by atoms with van der Waals surface area (Å²) >= 11 is 0. The molecule has 1 aliphatic heterocycles. The van der Waals surface area contributed by atoms with Crippen molar-refractivity contribution < 1.29 is 9.18 Å². The van der Waals surface area contributed by atoms with E-state index in [0.717, 1.165) is 48.5 Å². The van der Waals surface area contributed by atoms with E-state index in [1.165, 1.54) is 29.0 Å². The summed E-state index contributed by atoms with van der Waals surface area (Å²) in [6.07, 6.45) is 3.76. The fourth-order valence-corrected chi connectivity index (χ4v) is 5.10. The number of fused-ring (bicyclic) bond motifs is 1. The molecule has 0 saturated carbocycles. The van der Waals surface area contributed by atoms with Gasteiger partial charge in [0.1, 0.15) is 5.82 Å². The van der Waals surface area contributed by atoms with Gasteiger partial charge in [0.05, 0.1) is 17.6 Å². The van der Waals surface area contributed by atoms with Crippen molar-refractivity contribution in [3.8, 4) is 0 Å². The van der Waals surface area contributed by atoms with Gasteiger partial charge in [-0.05, 0) is 49.1 Å². The van der Waals surface area contributed by atoms with Gasteiger partial charge in [-0.15, -0.1) is 0 Å². The van der Waals surface area contributed by atoms with Crippen LogP contribution in [-0.2, 0) is 6.54 Å². The van der Waals surface area contributed by atoms with Crippen LogP contribution in [0.25, 0.3) is 11.0 Å². The monoisotopic (exact) mass is 532 g/mol. The van der Waals surface area contributed by atoms with E-state index < -0.39 is 0 Å². The second-order valence-corrected chi connectivity index (χ2v) is 10.0. The first kappa shape index (κ1) is 28.0. The summed E-state index contributed by atoms with van der Waals surface area (Å²) in [5.74, 6) is 0.544. The van der Waals surface area contributed by atoms with Gasteiger partial charge in [-0.25, -0.2) is 18.9 Å². The second kappa shape index (κ2) is 11.8. The Balaban J connectivity index is 0.00000353. The Morgan fingerprint density at radius 3 is 2.49 bits per heavy atom. The lowest BCUT2D eigenvalue weighted by Crippen LogP contribution is -2.47. The zero-order chi connectivity index (χ0) is 26.8. The predicted octanol–water partition coefficient (Wildman–Crippen LogP) is 5.21. The van der Waals surface area contributed by atoms with Gasteiger partial charge in [-0.2, -0.15) is 0 Å². The third kappa shape index (κ3) is 5.57. The van der Waals surface area contributed by atoms with Crippen LogP contribution in [0.2, 0.25) is 0 Å². The minimum absolute atomic E-state index is 0. The molecule has 0 amide bonds. The van der Waals surface area contributed by atoms with Crippen molar-refractivity contribution in [3.05, 3.63) is 82.5 Å². The Hall–Kier alpha value is -4.01. The van der Waals surface area contributed by atoms with Crippen molar-refractivity contribution in [1.82, 2.24) is 19.1 Å². The van der Waals surface area contributed by atoms with E-state index in [-0.39, 0.29) is 36.7 Å². The van der Waals surface area contributed by atoms with Crippen LogP contribution in [0.4, 0.5) is 16.3 Å². The summed E-state index contributed by atoms with van der Waals surface area (Å²) in [6, 6.07) is 16.1. The van der Waals surface area contributed by atoms with E-state index in [2.05, 4.69) is 20.5 Å². The van der Waals surface area contributed by atoms with Crippen molar-refractivity contribution in [2.75, 3.05) is 29.9 Å². The number of hydrogen-bond acceptors (Lipinski definition) is 6. The van der Waals surface area contributed by atoms with Crippen LogP contribution in [0.3, 0.4) is 0 Å².